The number of carbonyl (C=O) groups is 1. The number of benzene rings is 1. The molecule has 4 rings (SSSR count). The lowest BCUT2D eigenvalue weighted by Gasteiger charge is -2.21. The van der Waals surface area contributed by atoms with Crippen LogP contribution in [0.25, 0.3) is 10.9 Å². The Balaban J connectivity index is 1.43. The highest BCUT2D eigenvalue weighted by Gasteiger charge is 2.13. The number of anilines is 1. The summed E-state index contributed by atoms with van der Waals surface area (Å²) in [6.07, 6.45) is 6.88. The Kier molecular flexibility index (Phi) is 5.43. The standard InChI is InChI=1S/C21H23BrN4O/c22-17-5-6-18-16(12-17)13-19(25-18)21(27)24-14-15-7-8-23-20(11-15)26-9-3-1-2-4-10-26/h5-8,11-13,25H,1-4,9-10,14H2,(H,24,27). The van der Waals surface area contributed by atoms with Gasteiger partial charge in [-0.05, 0) is 54.8 Å². The Hall–Kier alpha value is -2.34. The maximum atomic E-state index is 12.5. The summed E-state index contributed by atoms with van der Waals surface area (Å²) in [6, 6.07) is 11.9. The van der Waals surface area contributed by atoms with E-state index in [9.17, 15) is 4.79 Å². The average Bonchev–Trinajstić information content (AvgIpc) is 2.91. The highest BCUT2D eigenvalue weighted by molar-refractivity contribution is 9.10. The third-order valence-corrected chi connectivity index (χ3v) is 5.51. The molecule has 0 atom stereocenters. The quantitative estimate of drug-likeness (QED) is 0.638. The predicted molar refractivity (Wildman–Crippen MR) is 112 cm³/mol. The predicted octanol–water partition coefficient (Wildman–Crippen LogP) is 4.64. The molecule has 3 aromatic rings. The second-order valence-corrected chi connectivity index (χ2v) is 7.94. The first-order valence-electron chi connectivity index (χ1n) is 9.45. The fourth-order valence-electron chi connectivity index (χ4n) is 3.55. The molecule has 2 N–H and O–H groups in total. The van der Waals surface area contributed by atoms with Gasteiger partial charge in [-0.3, -0.25) is 4.79 Å². The van der Waals surface area contributed by atoms with Gasteiger partial charge >= 0.3 is 0 Å². The summed E-state index contributed by atoms with van der Waals surface area (Å²) in [7, 11) is 0. The molecule has 5 nitrogen and oxygen atoms in total. The summed E-state index contributed by atoms with van der Waals surface area (Å²) in [5.74, 6) is 0.912. The van der Waals surface area contributed by atoms with Crippen LogP contribution < -0.4 is 10.2 Å². The van der Waals surface area contributed by atoms with Crippen molar-refractivity contribution in [2.75, 3.05) is 18.0 Å². The molecule has 0 spiro atoms. The Labute approximate surface area is 167 Å². The number of H-pyrrole nitrogens is 1. The Morgan fingerprint density at radius 3 is 2.74 bits per heavy atom. The summed E-state index contributed by atoms with van der Waals surface area (Å²) in [4.78, 5) is 22.6. The van der Waals surface area contributed by atoms with Crippen LogP contribution in [0, 0.1) is 0 Å². The first-order valence-corrected chi connectivity index (χ1v) is 10.2. The SMILES string of the molecule is O=C(NCc1ccnc(N2CCCCCC2)c1)c1cc2cc(Br)ccc2[nH]1. The summed E-state index contributed by atoms with van der Waals surface area (Å²) in [6.45, 7) is 2.61. The van der Waals surface area contributed by atoms with Crippen molar-refractivity contribution >= 4 is 38.6 Å². The van der Waals surface area contributed by atoms with Crippen LogP contribution in [0.5, 0.6) is 0 Å². The molecular weight excluding hydrogens is 404 g/mol. The lowest BCUT2D eigenvalue weighted by molar-refractivity contribution is 0.0946. The van der Waals surface area contributed by atoms with Crippen LogP contribution in [0.4, 0.5) is 5.82 Å². The van der Waals surface area contributed by atoms with Crippen LogP contribution in [0.2, 0.25) is 0 Å². The minimum Gasteiger partial charge on any atom is -0.357 e. The van der Waals surface area contributed by atoms with E-state index in [0.717, 1.165) is 39.8 Å². The number of nitrogens with zero attached hydrogens (tertiary/aromatic N) is 2. The van der Waals surface area contributed by atoms with Crippen molar-refractivity contribution in [2.24, 2.45) is 0 Å². The molecule has 1 amide bonds. The molecule has 1 aliphatic rings. The van der Waals surface area contributed by atoms with E-state index in [1.165, 1.54) is 25.7 Å². The third-order valence-electron chi connectivity index (χ3n) is 5.02. The van der Waals surface area contributed by atoms with Crippen LogP contribution in [0.3, 0.4) is 0 Å². The smallest absolute Gasteiger partial charge is 0.267 e. The summed E-state index contributed by atoms with van der Waals surface area (Å²) < 4.78 is 0.999. The number of hydrogen-bond acceptors (Lipinski definition) is 3. The number of pyridine rings is 1. The normalized spacial score (nSPS) is 14.9. The minimum atomic E-state index is -0.101. The van der Waals surface area contributed by atoms with Crippen molar-refractivity contribution in [2.45, 2.75) is 32.2 Å². The number of fused-ring (bicyclic) bond motifs is 1. The molecule has 3 heterocycles. The van der Waals surface area contributed by atoms with Crippen LogP contribution in [0.15, 0.2) is 47.1 Å². The molecule has 27 heavy (non-hydrogen) atoms. The molecule has 140 valence electrons. The highest BCUT2D eigenvalue weighted by atomic mass is 79.9. The highest BCUT2D eigenvalue weighted by Crippen LogP contribution is 2.21. The Bertz CT molecular complexity index is 944. The Morgan fingerprint density at radius 1 is 1.11 bits per heavy atom. The van der Waals surface area contributed by atoms with Crippen molar-refractivity contribution in [3.8, 4) is 0 Å². The van der Waals surface area contributed by atoms with E-state index in [0.29, 0.717) is 12.2 Å². The molecule has 1 fully saturated rings. The van der Waals surface area contributed by atoms with E-state index < -0.39 is 0 Å². The maximum absolute atomic E-state index is 12.5. The number of carbonyl (C=O) groups excluding carboxylic acids is 1. The average molecular weight is 427 g/mol. The monoisotopic (exact) mass is 426 g/mol. The fourth-order valence-corrected chi connectivity index (χ4v) is 3.93. The molecule has 0 unspecified atom stereocenters. The van der Waals surface area contributed by atoms with Crippen LogP contribution in [-0.4, -0.2) is 29.0 Å². The van der Waals surface area contributed by atoms with E-state index in [-0.39, 0.29) is 5.91 Å². The van der Waals surface area contributed by atoms with Gasteiger partial charge in [-0.1, -0.05) is 28.8 Å². The molecule has 0 radical (unpaired) electrons. The lowest BCUT2D eigenvalue weighted by Crippen LogP contribution is -2.26. The van der Waals surface area contributed by atoms with Crippen molar-refractivity contribution in [1.29, 1.82) is 0 Å². The van der Waals surface area contributed by atoms with Gasteiger partial charge in [0, 0.05) is 41.2 Å². The van der Waals surface area contributed by atoms with E-state index in [4.69, 9.17) is 0 Å². The first-order chi connectivity index (χ1) is 13.2. The van der Waals surface area contributed by atoms with E-state index >= 15 is 0 Å². The van der Waals surface area contributed by atoms with E-state index in [1.54, 1.807) is 0 Å². The molecule has 0 bridgehead atoms. The minimum absolute atomic E-state index is 0.101. The molecule has 6 heteroatoms. The van der Waals surface area contributed by atoms with Gasteiger partial charge in [-0.15, -0.1) is 0 Å². The summed E-state index contributed by atoms with van der Waals surface area (Å²) in [5, 5.41) is 4.02. The van der Waals surface area contributed by atoms with Crippen molar-refractivity contribution in [3.05, 3.63) is 58.3 Å². The number of hydrogen-bond donors (Lipinski definition) is 2. The third kappa shape index (κ3) is 4.33. The molecular formula is C21H23BrN4O. The number of aromatic nitrogens is 2. The van der Waals surface area contributed by atoms with Crippen LogP contribution >= 0.6 is 15.9 Å². The van der Waals surface area contributed by atoms with Gasteiger partial charge in [0.25, 0.3) is 5.91 Å². The largest absolute Gasteiger partial charge is 0.357 e. The Morgan fingerprint density at radius 2 is 1.93 bits per heavy atom. The molecule has 0 saturated carbocycles. The number of halogens is 1. The number of nitrogens with one attached hydrogen (secondary N) is 2. The van der Waals surface area contributed by atoms with Crippen LogP contribution in [0.1, 0.15) is 41.7 Å². The summed E-state index contributed by atoms with van der Waals surface area (Å²) in [5.41, 5.74) is 2.59. The zero-order valence-electron chi connectivity index (χ0n) is 15.2. The number of aromatic amines is 1. The lowest BCUT2D eigenvalue weighted by atomic mass is 10.2. The van der Waals surface area contributed by atoms with Crippen molar-refractivity contribution in [3.63, 3.8) is 0 Å². The van der Waals surface area contributed by atoms with Gasteiger partial charge < -0.3 is 15.2 Å². The van der Waals surface area contributed by atoms with Gasteiger partial charge in [-0.2, -0.15) is 0 Å². The van der Waals surface area contributed by atoms with Crippen molar-refractivity contribution in [1.82, 2.24) is 15.3 Å². The van der Waals surface area contributed by atoms with Gasteiger partial charge in [0.2, 0.25) is 0 Å². The second-order valence-electron chi connectivity index (χ2n) is 7.02. The van der Waals surface area contributed by atoms with Gasteiger partial charge in [-0.25, -0.2) is 4.98 Å². The van der Waals surface area contributed by atoms with Crippen LogP contribution in [-0.2, 0) is 6.54 Å². The number of rotatable bonds is 4. The summed E-state index contributed by atoms with van der Waals surface area (Å²) >= 11 is 3.46. The zero-order valence-corrected chi connectivity index (χ0v) is 16.8. The van der Waals surface area contributed by atoms with Gasteiger partial charge in [0.15, 0.2) is 0 Å². The first kappa shape index (κ1) is 18.0. The van der Waals surface area contributed by atoms with E-state index in [1.807, 2.05) is 36.5 Å². The molecule has 1 aromatic carbocycles. The second kappa shape index (κ2) is 8.13. The number of amides is 1. The molecule has 1 aliphatic heterocycles. The van der Waals surface area contributed by atoms with Gasteiger partial charge in [0.1, 0.15) is 11.5 Å². The fraction of sp³-hybridized carbons (Fsp3) is 0.333. The molecule has 1 saturated heterocycles. The molecule has 2 aromatic heterocycles. The molecule has 0 aliphatic carbocycles. The topological polar surface area (TPSA) is 61.0 Å². The van der Waals surface area contributed by atoms with Gasteiger partial charge in [0.05, 0.1) is 0 Å². The zero-order chi connectivity index (χ0) is 18.6. The maximum Gasteiger partial charge on any atom is 0.267 e. The van der Waals surface area contributed by atoms with E-state index in [2.05, 4.69) is 42.2 Å². The van der Waals surface area contributed by atoms with Crippen molar-refractivity contribution < 1.29 is 4.79 Å².